The van der Waals surface area contributed by atoms with Crippen LogP contribution in [-0.2, 0) is 4.79 Å². The molecule has 5 aromatic heterocycles. The Balaban J connectivity index is 1.38. The molecule has 0 aliphatic rings. The van der Waals surface area contributed by atoms with Gasteiger partial charge in [0.15, 0.2) is 0 Å². The second-order valence-electron chi connectivity index (χ2n) is 9.63. The van der Waals surface area contributed by atoms with Crippen molar-refractivity contribution in [2.45, 2.75) is 27.2 Å². The second-order valence-corrected chi connectivity index (χ2v) is 10.9. The van der Waals surface area contributed by atoms with Gasteiger partial charge in [0, 0.05) is 44.4 Å². The van der Waals surface area contributed by atoms with Gasteiger partial charge in [-0.15, -0.1) is 11.3 Å². The first-order valence-electron chi connectivity index (χ1n) is 12.2. The molecule has 0 saturated heterocycles. The number of hydrogen-bond acceptors (Lipinski definition) is 5. The van der Waals surface area contributed by atoms with Crippen molar-refractivity contribution in [3.05, 3.63) is 71.9 Å². The summed E-state index contributed by atoms with van der Waals surface area (Å²) in [5, 5.41) is 11.8. The highest BCUT2D eigenvalue weighted by Gasteiger charge is 2.16. The van der Waals surface area contributed by atoms with E-state index >= 15 is 0 Å². The molecule has 6 aromatic rings. The van der Waals surface area contributed by atoms with Gasteiger partial charge in [0.1, 0.15) is 11.2 Å². The van der Waals surface area contributed by atoms with E-state index in [9.17, 15) is 4.79 Å². The van der Waals surface area contributed by atoms with Gasteiger partial charge in [-0.25, -0.2) is 4.98 Å². The van der Waals surface area contributed by atoms with Crippen molar-refractivity contribution >= 4 is 44.9 Å². The number of amides is 1. The molecule has 0 aliphatic carbocycles. The third-order valence-electron chi connectivity index (χ3n) is 6.24. The molecular formula is C29H26N6OS. The molecule has 0 atom stereocenters. The molecule has 6 rings (SSSR count). The van der Waals surface area contributed by atoms with Gasteiger partial charge in [-0.1, -0.05) is 26.0 Å². The predicted molar refractivity (Wildman–Crippen MR) is 151 cm³/mol. The number of anilines is 1. The van der Waals surface area contributed by atoms with Crippen molar-refractivity contribution in [3.63, 3.8) is 0 Å². The first-order valence-corrected chi connectivity index (χ1v) is 13.1. The minimum Gasteiger partial charge on any atom is -0.353 e. The van der Waals surface area contributed by atoms with Crippen molar-refractivity contribution in [2.24, 2.45) is 5.92 Å². The molecule has 0 aliphatic heterocycles. The van der Waals surface area contributed by atoms with Gasteiger partial charge >= 0.3 is 0 Å². The molecule has 8 heteroatoms. The van der Waals surface area contributed by atoms with Crippen LogP contribution in [0.25, 0.3) is 55.0 Å². The van der Waals surface area contributed by atoms with E-state index in [1.165, 1.54) is 15.3 Å². The molecule has 7 nitrogen and oxygen atoms in total. The van der Waals surface area contributed by atoms with Gasteiger partial charge in [0.25, 0.3) is 0 Å². The lowest BCUT2D eigenvalue weighted by Gasteiger charge is -2.08. The van der Waals surface area contributed by atoms with Gasteiger partial charge in [-0.05, 0) is 55.3 Å². The van der Waals surface area contributed by atoms with Gasteiger partial charge in [0.2, 0.25) is 5.91 Å². The Morgan fingerprint density at radius 2 is 1.95 bits per heavy atom. The number of thiophene rings is 1. The Morgan fingerprint density at radius 3 is 2.76 bits per heavy atom. The standard InChI is InChI=1S/C29H26N6OS/c1-16(2)11-27(36)31-19-12-18(14-30-15-19)22-8-9-24-28(33-22)29(35-34-24)25-13-21-20(5-4-6-23(21)32-25)26-10-7-17(3)37-26/h4-10,12-16,32H,11H2,1-3H3,(H,31,36)(H,34,35). The molecule has 1 aromatic carbocycles. The zero-order chi connectivity index (χ0) is 25.5. The fourth-order valence-corrected chi connectivity index (χ4v) is 5.46. The smallest absolute Gasteiger partial charge is 0.224 e. The number of aromatic nitrogens is 5. The number of nitrogens with one attached hydrogen (secondary N) is 3. The monoisotopic (exact) mass is 506 g/mol. The summed E-state index contributed by atoms with van der Waals surface area (Å²) in [5.41, 5.74) is 7.78. The van der Waals surface area contributed by atoms with E-state index in [1.807, 2.05) is 32.0 Å². The van der Waals surface area contributed by atoms with E-state index in [0.717, 1.165) is 44.6 Å². The van der Waals surface area contributed by atoms with Crippen molar-refractivity contribution in [2.75, 3.05) is 5.32 Å². The number of aromatic amines is 2. The van der Waals surface area contributed by atoms with Crippen LogP contribution in [0.2, 0.25) is 0 Å². The molecule has 184 valence electrons. The number of rotatable bonds is 6. The van der Waals surface area contributed by atoms with Crippen LogP contribution in [0.3, 0.4) is 0 Å². The maximum absolute atomic E-state index is 12.2. The number of fused-ring (bicyclic) bond motifs is 2. The number of aryl methyl sites for hydroxylation is 1. The summed E-state index contributed by atoms with van der Waals surface area (Å²) in [5.74, 6) is 0.264. The van der Waals surface area contributed by atoms with E-state index in [4.69, 9.17) is 4.98 Å². The van der Waals surface area contributed by atoms with Crippen LogP contribution in [0.5, 0.6) is 0 Å². The molecule has 0 unspecified atom stereocenters. The predicted octanol–water partition coefficient (Wildman–Crippen LogP) is 7.19. The van der Waals surface area contributed by atoms with Crippen LogP contribution < -0.4 is 5.32 Å². The Morgan fingerprint density at radius 1 is 1.05 bits per heavy atom. The molecule has 37 heavy (non-hydrogen) atoms. The zero-order valence-electron chi connectivity index (χ0n) is 20.8. The van der Waals surface area contributed by atoms with Crippen LogP contribution in [-0.4, -0.2) is 31.1 Å². The number of carbonyl (C=O) groups excluding carboxylic acids is 1. The van der Waals surface area contributed by atoms with Crippen LogP contribution in [0.15, 0.2) is 67.0 Å². The first kappa shape index (κ1) is 23.1. The van der Waals surface area contributed by atoms with Crippen LogP contribution in [0.1, 0.15) is 25.1 Å². The Labute approximate surface area is 218 Å². The Bertz CT molecular complexity index is 1760. The van der Waals surface area contributed by atoms with E-state index in [0.29, 0.717) is 12.1 Å². The van der Waals surface area contributed by atoms with Crippen molar-refractivity contribution in [1.29, 1.82) is 0 Å². The van der Waals surface area contributed by atoms with E-state index < -0.39 is 0 Å². The summed E-state index contributed by atoms with van der Waals surface area (Å²) in [6, 6.07) is 18.6. The lowest BCUT2D eigenvalue weighted by molar-refractivity contribution is -0.116. The van der Waals surface area contributed by atoms with Gasteiger partial charge < -0.3 is 10.3 Å². The minimum absolute atomic E-state index is 0.0228. The minimum atomic E-state index is -0.0228. The van der Waals surface area contributed by atoms with Gasteiger partial charge in [0.05, 0.1) is 28.8 Å². The van der Waals surface area contributed by atoms with Crippen LogP contribution in [0.4, 0.5) is 5.69 Å². The van der Waals surface area contributed by atoms with E-state index in [2.05, 4.69) is 68.8 Å². The highest BCUT2D eigenvalue weighted by atomic mass is 32.1. The Hall–Kier alpha value is -4.30. The quantitative estimate of drug-likeness (QED) is 0.223. The molecule has 0 saturated carbocycles. The van der Waals surface area contributed by atoms with Gasteiger partial charge in [-0.2, -0.15) is 5.10 Å². The maximum atomic E-state index is 12.2. The normalized spacial score (nSPS) is 11.6. The average molecular weight is 507 g/mol. The molecule has 0 fully saturated rings. The number of nitrogens with zero attached hydrogens (tertiary/aromatic N) is 3. The third kappa shape index (κ3) is 4.51. The van der Waals surface area contributed by atoms with Crippen molar-refractivity contribution < 1.29 is 4.79 Å². The molecule has 0 radical (unpaired) electrons. The lowest BCUT2D eigenvalue weighted by Crippen LogP contribution is -2.13. The average Bonchev–Trinajstić information content (AvgIpc) is 3.60. The van der Waals surface area contributed by atoms with Crippen molar-refractivity contribution in [3.8, 4) is 33.1 Å². The van der Waals surface area contributed by atoms with E-state index in [1.54, 1.807) is 23.7 Å². The fraction of sp³-hybridized carbons (Fsp3) is 0.172. The number of pyridine rings is 2. The molecule has 0 spiro atoms. The fourth-order valence-electron chi connectivity index (χ4n) is 4.56. The number of benzene rings is 1. The highest BCUT2D eigenvalue weighted by Crippen LogP contribution is 2.36. The number of carbonyl (C=O) groups is 1. The highest BCUT2D eigenvalue weighted by molar-refractivity contribution is 7.15. The zero-order valence-corrected chi connectivity index (χ0v) is 21.6. The van der Waals surface area contributed by atoms with Crippen molar-refractivity contribution in [1.82, 2.24) is 25.1 Å². The van der Waals surface area contributed by atoms with Gasteiger partial charge in [-0.3, -0.25) is 14.9 Å². The third-order valence-corrected chi connectivity index (χ3v) is 7.28. The van der Waals surface area contributed by atoms with Crippen LogP contribution in [0, 0.1) is 12.8 Å². The summed E-state index contributed by atoms with van der Waals surface area (Å²) in [6.45, 7) is 6.17. The molecule has 5 heterocycles. The first-order chi connectivity index (χ1) is 17.9. The second kappa shape index (κ2) is 9.29. The molecule has 1 amide bonds. The maximum Gasteiger partial charge on any atom is 0.224 e. The number of hydrogen-bond donors (Lipinski definition) is 3. The Kier molecular flexibility index (Phi) is 5.81. The largest absolute Gasteiger partial charge is 0.353 e. The molecule has 0 bridgehead atoms. The summed E-state index contributed by atoms with van der Waals surface area (Å²) >= 11 is 1.79. The lowest BCUT2D eigenvalue weighted by atomic mass is 10.1. The summed E-state index contributed by atoms with van der Waals surface area (Å²) in [4.78, 5) is 27.6. The summed E-state index contributed by atoms with van der Waals surface area (Å²) in [7, 11) is 0. The SMILES string of the molecule is Cc1ccc(-c2cccc3[nH]c(-c4n[nH]c5ccc(-c6cncc(NC(=O)CC(C)C)c6)nc45)cc23)s1. The van der Waals surface area contributed by atoms with E-state index in [-0.39, 0.29) is 11.8 Å². The number of H-pyrrole nitrogens is 2. The summed E-state index contributed by atoms with van der Waals surface area (Å²) < 4.78 is 0. The summed E-state index contributed by atoms with van der Waals surface area (Å²) in [6.07, 6.45) is 3.87. The topological polar surface area (TPSA) is 99.4 Å². The molecule has 3 N–H and O–H groups in total. The van der Waals surface area contributed by atoms with Crippen LogP contribution >= 0.6 is 11.3 Å². The molecular weight excluding hydrogens is 480 g/mol.